The Balaban J connectivity index is 1.98. The first-order valence-corrected chi connectivity index (χ1v) is 7.46. The number of hydrogen-bond acceptors (Lipinski definition) is 2. The van der Waals surface area contributed by atoms with Crippen molar-refractivity contribution in [2.75, 3.05) is 10.7 Å². The molecule has 0 bridgehead atoms. The fourth-order valence-electron chi connectivity index (χ4n) is 2.32. The van der Waals surface area contributed by atoms with Crippen LogP contribution in [0.1, 0.15) is 16.5 Å². The molecule has 4 heteroatoms. The Kier molecular flexibility index (Phi) is 3.49. The van der Waals surface area contributed by atoms with Crippen LogP contribution in [0.15, 0.2) is 48.5 Å². The average molecular weight is 287 g/mol. The highest BCUT2D eigenvalue weighted by atomic mass is 32.2. The van der Waals surface area contributed by atoms with E-state index in [1.54, 1.807) is 11.0 Å². The summed E-state index contributed by atoms with van der Waals surface area (Å²) in [5.41, 5.74) is 2.83. The molecule has 1 aliphatic heterocycles. The summed E-state index contributed by atoms with van der Waals surface area (Å²) in [6, 6.07) is 14.3. The summed E-state index contributed by atoms with van der Waals surface area (Å²) in [4.78, 5) is 13.9. The highest BCUT2D eigenvalue weighted by Gasteiger charge is 2.34. The number of carbonyl (C=O) groups excluding carboxylic acids is 1. The molecule has 0 radical (unpaired) electrons. The minimum absolute atomic E-state index is 0.0631. The third-order valence-corrected chi connectivity index (χ3v) is 4.53. The van der Waals surface area contributed by atoms with Crippen molar-refractivity contribution in [3.8, 4) is 0 Å². The molecule has 0 saturated carbocycles. The number of benzene rings is 2. The molecule has 2 aromatic carbocycles. The van der Waals surface area contributed by atoms with Gasteiger partial charge < -0.3 is 0 Å². The van der Waals surface area contributed by atoms with Gasteiger partial charge in [-0.25, -0.2) is 4.39 Å². The molecule has 1 unspecified atom stereocenters. The molecule has 0 spiro atoms. The number of carbonyl (C=O) groups is 1. The van der Waals surface area contributed by atoms with E-state index >= 15 is 0 Å². The van der Waals surface area contributed by atoms with Crippen LogP contribution in [-0.2, 0) is 4.79 Å². The number of aryl methyl sites for hydroxylation is 1. The number of rotatable bonds is 2. The van der Waals surface area contributed by atoms with Gasteiger partial charge in [0.1, 0.15) is 11.2 Å². The molecule has 102 valence electrons. The van der Waals surface area contributed by atoms with Crippen LogP contribution < -0.4 is 4.90 Å². The summed E-state index contributed by atoms with van der Waals surface area (Å²) in [5, 5.41) is -0.152. The van der Waals surface area contributed by atoms with Crippen LogP contribution in [0, 0.1) is 12.7 Å². The SMILES string of the molecule is Cc1ccc(N2C(=O)CSC2c2cccc(F)c2)cc1. The number of anilines is 1. The van der Waals surface area contributed by atoms with E-state index in [0.717, 1.165) is 16.8 Å². The van der Waals surface area contributed by atoms with Crippen LogP contribution in [0.5, 0.6) is 0 Å². The van der Waals surface area contributed by atoms with Crippen molar-refractivity contribution in [2.45, 2.75) is 12.3 Å². The predicted octanol–water partition coefficient (Wildman–Crippen LogP) is 3.91. The van der Waals surface area contributed by atoms with Crippen molar-refractivity contribution >= 4 is 23.4 Å². The van der Waals surface area contributed by atoms with E-state index in [2.05, 4.69) is 0 Å². The number of nitrogens with zero attached hydrogens (tertiary/aromatic N) is 1. The van der Waals surface area contributed by atoms with Crippen LogP contribution in [0.25, 0.3) is 0 Å². The third-order valence-electron chi connectivity index (χ3n) is 3.31. The molecule has 1 aliphatic rings. The number of amides is 1. The van der Waals surface area contributed by atoms with Crippen molar-refractivity contribution in [1.29, 1.82) is 0 Å². The summed E-state index contributed by atoms with van der Waals surface area (Å²) in [6.07, 6.45) is 0. The Hall–Kier alpha value is -1.81. The normalized spacial score (nSPS) is 18.6. The third kappa shape index (κ3) is 2.43. The van der Waals surface area contributed by atoms with Gasteiger partial charge in [-0.05, 0) is 36.8 Å². The summed E-state index contributed by atoms with van der Waals surface area (Å²) in [6.45, 7) is 2.01. The van der Waals surface area contributed by atoms with Gasteiger partial charge in [0.2, 0.25) is 5.91 Å². The van der Waals surface area contributed by atoms with Crippen molar-refractivity contribution in [3.05, 3.63) is 65.5 Å². The maximum atomic E-state index is 13.4. The Morgan fingerprint density at radius 1 is 1.20 bits per heavy atom. The molecule has 1 fully saturated rings. The molecule has 1 atom stereocenters. The lowest BCUT2D eigenvalue weighted by molar-refractivity contribution is -0.115. The van der Waals surface area contributed by atoms with Crippen molar-refractivity contribution in [3.63, 3.8) is 0 Å². The molecule has 0 N–H and O–H groups in total. The minimum atomic E-state index is -0.272. The maximum Gasteiger partial charge on any atom is 0.238 e. The Labute approximate surface area is 121 Å². The smallest absolute Gasteiger partial charge is 0.238 e. The molecule has 1 saturated heterocycles. The van der Waals surface area contributed by atoms with Crippen molar-refractivity contribution < 1.29 is 9.18 Å². The van der Waals surface area contributed by atoms with E-state index in [1.807, 2.05) is 37.3 Å². The largest absolute Gasteiger partial charge is 0.295 e. The van der Waals surface area contributed by atoms with E-state index in [4.69, 9.17) is 0 Å². The summed E-state index contributed by atoms with van der Waals surface area (Å²) in [5.74, 6) is 0.217. The molecule has 1 heterocycles. The maximum absolute atomic E-state index is 13.4. The zero-order valence-corrected chi connectivity index (χ0v) is 11.9. The van der Waals surface area contributed by atoms with Gasteiger partial charge >= 0.3 is 0 Å². The highest BCUT2D eigenvalue weighted by molar-refractivity contribution is 8.00. The summed E-state index contributed by atoms with van der Waals surface area (Å²) >= 11 is 1.53. The first kappa shape index (κ1) is 13.2. The van der Waals surface area contributed by atoms with Gasteiger partial charge in [0.25, 0.3) is 0 Å². The standard InChI is InChI=1S/C16H14FNOS/c1-11-5-7-14(8-6-11)18-15(19)10-20-16(18)12-3-2-4-13(17)9-12/h2-9,16H,10H2,1H3. The molecule has 1 amide bonds. The van der Waals surface area contributed by atoms with Crippen LogP contribution in [-0.4, -0.2) is 11.7 Å². The topological polar surface area (TPSA) is 20.3 Å². The second-order valence-corrected chi connectivity index (χ2v) is 5.89. The molecule has 3 rings (SSSR count). The quantitative estimate of drug-likeness (QED) is 0.834. The zero-order chi connectivity index (χ0) is 14.1. The van der Waals surface area contributed by atoms with Gasteiger partial charge in [0, 0.05) is 5.69 Å². The van der Waals surface area contributed by atoms with Crippen molar-refractivity contribution in [1.82, 2.24) is 0 Å². The Morgan fingerprint density at radius 3 is 2.65 bits per heavy atom. The zero-order valence-electron chi connectivity index (χ0n) is 11.0. The molecule has 2 aromatic rings. The van der Waals surface area contributed by atoms with Gasteiger partial charge in [0.15, 0.2) is 0 Å². The Bertz CT molecular complexity index is 641. The fraction of sp³-hybridized carbons (Fsp3) is 0.188. The molecular formula is C16H14FNOS. The molecule has 0 aromatic heterocycles. The minimum Gasteiger partial charge on any atom is -0.295 e. The van der Waals surface area contributed by atoms with E-state index in [9.17, 15) is 9.18 Å². The van der Waals surface area contributed by atoms with Crippen LogP contribution in [0.2, 0.25) is 0 Å². The monoisotopic (exact) mass is 287 g/mol. The molecule has 0 aliphatic carbocycles. The Morgan fingerprint density at radius 2 is 1.95 bits per heavy atom. The lowest BCUT2D eigenvalue weighted by atomic mass is 10.1. The van der Waals surface area contributed by atoms with Gasteiger partial charge in [-0.2, -0.15) is 0 Å². The molecular weight excluding hydrogens is 273 g/mol. The van der Waals surface area contributed by atoms with E-state index in [1.165, 1.54) is 23.9 Å². The van der Waals surface area contributed by atoms with Crippen LogP contribution in [0.4, 0.5) is 10.1 Å². The van der Waals surface area contributed by atoms with Crippen LogP contribution in [0.3, 0.4) is 0 Å². The summed E-state index contributed by atoms with van der Waals surface area (Å²) in [7, 11) is 0. The number of halogens is 1. The first-order chi connectivity index (χ1) is 9.65. The molecule has 2 nitrogen and oxygen atoms in total. The summed E-state index contributed by atoms with van der Waals surface area (Å²) < 4.78 is 13.4. The van der Waals surface area contributed by atoms with E-state index in [-0.39, 0.29) is 17.1 Å². The van der Waals surface area contributed by atoms with Gasteiger partial charge in [-0.3, -0.25) is 9.69 Å². The van der Waals surface area contributed by atoms with Gasteiger partial charge in [-0.15, -0.1) is 11.8 Å². The lowest BCUT2D eigenvalue weighted by Crippen LogP contribution is -2.27. The molecule has 20 heavy (non-hydrogen) atoms. The highest BCUT2D eigenvalue weighted by Crippen LogP contribution is 2.41. The van der Waals surface area contributed by atoms with Gasteiger partial charge in [-0.1, -0.05) is 29.8 Å². The number of thioether (sulfide) groups is 1. The fourth-order valence-corrected chi connectivity index (χ4v) is 3.48. The van der Waals surface area contributed by atoms with Gasteiger partial charge in [0.05, 0.1) is 5.75 Å². The van der Waals surface area contributed by atoms with E-state index < -0.39 is 0 Å². The number of hydrogen-bond donors (Lipinski definition) is 0. The predicted molar refractivity (Wildman–Crippen MR) is 80.3 cm³/mol. The van der Waals surface area contributed by atoms with Crippen LogP contribution >= 0.6 is 11.8 Å². The lowest BCUT2D eigenvalue weighted by Gasteiger charge is -2.24. The second-order valence-electron chi connectivity index (χ2n) is 4.82. The van der Waals surface area contributed by atoms with Crippen molar-refractivity contribution in [2.24, 2.45) is 0 Å². The average Bonchev–Trinajstić information content (AvgIpc) is 2.82. The second kappa shape index (κ2) is 5.29. The first-order valence-electron chi connectivity index (χ1n) is 6.41. The van der Waals surface area contributed by atoms with E-state index in [0.29, 0.717) is 5.75 Å².